The molecule has 0 spiro atoms. The Morgan fingerprint density at radius 1 is 1.20 bits per heavy atom. The van der Waals surface area contributed by atoms with Crippen LogP contribution in [0.4, 0.5) is 11.4 Å². The highest BCUT2D eigenvalue weighted by molar-refractivity contribution is 9.10. The molecule has 7 heteroatoms. The molecule has 2 aromatic carbocycles. The second-order valence-corrected chi connectivity index (χ2v) is 6.45. The molecule has 1 aliphatic rings. The Kier molecular flexibility index (Phi) is 5.23. The zero-order valence-corrected chi connectivity index (χ0v) is 15.2. The summed E-state index contributed by atoms with van der Waals surface area (Å²) in [6.45, 7) is 0.426. The van der Waals surface area contributed by atoms with E-state index in [2.05, 4.69) is 26.6 Å². The number of para-hydroxylation sites is 3. The zero-order chi connectivity index (χ0) is 17.8. The van der Waals surface area contributed by atoms with Gasteiger partial charge in [-0.15, -0.1) is 0 Å². The van der Waals surface area contributed by atoms with Gasteiger partial charge in [-0.1, -0.05) is 24.3 Å². The molecular weight excluding hydrogens is 386 g/mol. The fraction of sp³-hybridized carbons (Fsp3) is 0.222. The van der Waals surface area contributed by atoms with Gasteiger partial charge in [-0.2, -0.15) is 0 Å². The van der Waals surface area contributed by atoms with Gasteiger partial charge in [0.1, 0.15) is 5.75 Å². The normalized spacial score (nSPS) is 15.8. The van der Waals surface area contributed by atoms with E-state index in [0.29, 0.717) is 18.0 Å². The number of hydrogen-bond acceptors (Lipinski definition) is 4. The van der Waals surface area contributed by atoms with Crippen LogP contribution in [0.15, 0.2) is 53.0 Å². The molecule has 6 nitrogen and oxygen atoms in total. The van der Waals surface area contributed by atoms with Gasteiger partial charge in [0.05, 0.1) is 24.5 Å². The molecule has 0 bridgehead atoms. The summed E-state index contributed by atoms with van der Waals surface area (Å²) in [5, 5.41) is 5.47. The van der Waals surface area contributed by atoms with Crippen molar-refractivity contribution in [3.05, 3.63) is 53.0 Å². The SMILES string of the molecule is CNC(=O)C1CN(CC(=O)Nc2ccccc2Br)c2ccccc2O1. The second kappa shape index (κ2) is 7.57. The van der Waals surface area contributed by atoms with Gasteiger partial charge < -0.3 is 20.3 Å². The summed E-state index contributed by atoms with van der Waals surface area (Å²) in [6, 6.07) is 14.8. The molecule has 0 aromatic heterocycles. The molecule has 2 aromatic rings. The predicted octanol–water partition coefficient (Wildman–Crippen LogP) is 2.40. The average molecular weight is 404 g/mol. The van der Waals surface area contributed by atoms with E-state index in [0.717, 1.165) is 10.2 Å². The molecule has 0 aliphatic carbocycles. The molecular formula is C18H18BrN3O3. The summed E-state index contributed by atoms with van der Waals surface area (Å²) in [5.74, 6) is 0.209. The standard InChI is InChI=1S/C18H18BrN3O3/c1-20-18(24)16-10-22(14-8-4-5-9-15(14)25-16)11-17(23)21-13-7-3-2-6-12(13)19/h2-9,16H,10-11H2,1H3,(H,20,24)(H,21,23). The van der Waals surface area contributed by atoms with Crippen molar-refractivity contribution >= 4 is 39.1 Å². The number of amides is 2. The summed E-state index contributed by atoms with van der Waals surface area (Å²) in [7, 11) is 1.57. The number of nitrogens with zero attached hydrogens (tertiary/aromatic N) is 1. The molecule has 2 N–H and O–H groups in total. The van der Waals surface area contributed by atoms with Crippen LogP contribution >= 0.6 is 15.9 Å². The molecule has 0 radical (unpaired) electrons. The summed E-state index contributed by atoms with van der Waals surface area (Å²) in [4.78, 5) is 26.3. The van der Waals surface area contributed by atoms with Crippen molar-refractivity contribution in [1.29, 1.82) is 0 Å². The van der Waals surface area contributed by atoms with Crippen LogP contribution in [0.25, 0.3) is 0 Å². The highest BCUT2D eigenvalue weighted by atomic mass is 79.9. The van der Waals surface area contributed by atoms with Gasteiger partial charge in [-0.05, 0) is 40.2 Å². The molecule has 0 saturated carbocycles. The Hall–Kier alpha value is -2.54. The van der Waals surface area contributed by atoms with Gasteiger partial charge in [0.15, 0.2) is 6.10 Å². The smallest absolute Gasteiger partial charge is 0.262 e. The lowest BCUT2D eigenvalue weighted by atomic mass is 10.1. The number of likely N-dealkylation sites (N-methyl/N-ethyl adjacent to an activating group) is 1. The van der Waals surface area contributed by atoms with Crippen molar-refractivity contribution in [2.75, 3.05) is 30.4 Å². The number of anilines is 2. The number of carbonyl (C=O) groups excluding carboxylic acids is 2. The maximum atomic E-state index is 12.5. The molecule has 0 saturated heterocycles. The molecule has 3 rings (SSSR count). The quantitative estimate of drug-likeness (QED) is 0.821. The summed E-state index contributed by atoms with van der Waals surface area (Å²) in [5.41, 5.74) is 1.50. The van der Waals surface area contributed by atoms with Crippen molar-refractivity contribution in [1.82, 2.24) is 5.32 Å². The maximum absolute atomic E-state index is 12.5. The largest absolute Gasteiger partial charge is 0.477 e. The van der Waals surface area contributed by atoms with Crippen LogP contribution in [-0.2, 0) is 9.59 Å². The lowest BCUT2D eigenvalue weighted by Crippen LogP contribution is -2.50. The Labute approximate surface area is 154 Å². The number of fused-ring (bicyclic) bond motifs is 1. The lowest BCUT2D eigenvalue weighted by molar-refractivity contribution is -0.127. The molecule has 130 valence electrons. The lowest BCUT2D eigenvalue weighted by Gasteiger charge is -2.35. The van der Waals surface area contributed by atoms with Gasteiger partial charge in [0.25, 0.3) is 5.91 Å². The van der Waals surface area contributed by atoms with E-state index in [1.807, 2.05) is 47.4 Å². The van der Waals surface area contributed by atoms with E-state index in [9.17, 15) is 9.59 Å². The third-order valence-electron chi connectivity index (χ3n) is 3.88. The zero-order valence-electron chi connectivity index (χ0n) is 13.7. The van der Waals surface area contributed by atoms with Gasteiger partial charge in [-0.3, -0.25) is 9.59 Å². The van der Waals surface area contributed by atoms with Crippen LogP contribution < -0.4 is 20.3 Å². The van der Waals surface area contributed by atoms with Gasteiger partial charge in [0, 0.05) is 11.5 Å². The van der Waals surface area contributed by atoms with Gasteiger partial charge >= 0.3 is 0 Å². The third kappa shape index (κ3) is 3.93. The van der Waals surface area contributed by atoms with E-state index in [1.54, 1.807) is 13.1 Å². The molecule has 2 amide bonds. The average Bonchev–Trinajstić information content (AvgIpc) is 2.62. The molecule has 1 aliphatic heterocycles. The third-order valence-corrected chi connectivity index (χ3v) is 4.57. The first kappa shape index (κ1) is 17.3. The Bertz CT molecular complexity index is 797. The van der Waals surface area contributed by atoms with Crippen molar-refractivity contribution in [2.24, 2.45) is 0 Å². The minimum atomic E-state index is -0.656. The summed E-state index contributed by atoms with van der Waals surface area (Å²) < 4.78 is 6.55. The molecule has 0 fully saturated rings. The van der Waals surface area contributed by atoms with E-state index in [1.165, 1.54) is 0 Å². The van der Waals surface area contributed by atoms with E-state index >= 15 is 0 Å². The number of carbonyl (C=O) groups is 2. The first-order chi connectivity index (χ1) is 12.1. The Balaban J connectivity index is 1.77. The Morgan fingerprint density at radius 3 is 2.68 bits per heavy atom. The number of nitrogens with one attached hydrogen (secondary N) is 2. The number of hydrogen-bond donors (Lipinski definition) is 2. The summed E-state index contributed by atoms with van der Waals surface area (Å²) >= 11 is 3.41. The van der Waals surface area contributed by atoms with Gasteiger partial charge in [0.2, 0.25) is 5.91 Å². The molecule has 1 atom stereocenters. The van der Waals surface area contributed by atoms with Crippen LogP contribution in [0, 0.1) is 0 Å². The van der Waals surface area contributed by atoms with Crippen molar-refractivity contribution < 1.29 is 14.3 Å². The van der Waals surface area contributed by atoms with E-state index in [4.69, 9.17) is 4.74 Å². The Morgan fingerprint density at radius 2 is 1.92 bits per heavy atom. The topological polar surface area (TPSA) is 70.7 Å². The summed E-state index contributed by atoms with van der Waals surface area (Å²) in [6.07, 6.45) is -0.656. The van der Waals surface area contributed by atoms with Crippen molar-refractivity contribution in [2.45, 2.75) is 6.10 Å². The van der Waals surface area contributed by atoms with Crippen LogP contribution in [-0.4, -0.2) is 38.1 Å². The van der Waals surface area contributed by atoms with Gasteiger partial charge in [-0.25, -0.2) is 0 Å². The maximum Gasteiger partial charge on any atom is 0.262 e. The van der Waals surface area contributed by atoms with Crippen molar-refractivity contribution in [3.63, 3.8) is 0 Å². The van der Waals surface area contributed by atoms with Crippen molar-refractivity contribution in [3.8, 4) is 5.75 Å². The minimum absolute atomic E-state index is 0.120. The predicted molar refractivity (Wildman–Crippen MR) is 99.9 cm³/mol. The molecule has 1 unspecified atom stereocenters. The molecule has 25 heavy (non-hydrogen) atoms. The first-order valence-electron chi connectivity index (χ1n) is 7.85. The monoisotopic (exact) mass is 403 g/mol. The fourth-order valence-electron chi connectivity index (χ4n) is 2.68. The number of halogens is 1. The van der Waals surface area contributed by atoms with E-state index < -0.39 is 6.10 Å². The van der Waals surface area contributed by atoms with E-state index in [-0.39, 0.29) is 18.4 Å². The second-order valence-electron chi connectivity index (χ2n) is 5.60. The number of ether oxygens (including phenoxy) is 1. The minimum Gasteiger partial charge on any atom is -0.477 e. The fourth-order valence-corrected chi connectivity index (χ4v) is 3.06. The van der Waals surface area contributed by atoms with Crippen LogP contribution in [0.2, 0.25) is 0 Å². The highest BCUT2D eigenvalue weighted by Gasteiger charge is 2.31. The van der Waals surface area contributed by atoms with Crippen LogP contribution in [0.1, 0.15) is 0 Å². The van der Waals surface area contributed by atoms with Crippen LogP contribution in [0.5, 0.6) is 5.75 Å². The highest BCUT2D eigenvalue weighted by Crippen LogP contribution is 2.33. The van der Waals surface area contributed by atoms with Crippen LogP contribution in [0.3, 0.4) is 0 Å². The number of rotatable bonds is 4. The molecule has 1 heterocycles. The number of benzene rings is 2. The first-order valence-corrected chi connectivity index (χ1v) is 8.64.